The van der Waals surface area contributed by atoms with Gasteiger partial charge in [-0.3, -0.25) is 58.1 Å². The molecule has 488 valence electrons. The predicted molar refractivity (Wildman–Crippen MR) is 322 cm³/mol. The number of ether oxygens (including phenoxy) is 1. The van der Waals surface area contributed by atoms with Crippen LogP contribution in [0.15, 0.2) is 30.3 Å². The van der Waals surface area contributed by atoms with E-state index in [9.17, 15) is 62.6 Å². The van der Waals surface area contributed by atoms with E-state index in [1.807, 2.05) is 37.3 Å². The van der Waals surface area contributed by atoms with Crippen LogP contribution in [0.4, 0.5) is 0 Å². The van der Waals surface area contributed by atoms with Crippen LogP contribution in [0.25, 0.3) is 0 Å². The van der Waals surface area contributed by atoms with Crippen LogP contribution in [0, 0.1) is 29.1 Å². The fourth-order valence-electron chi connectivity index (χ4n) is 9.07. The minimum absolute atomic E-state index is 0.0337. The van der Waals surface area contributed by atoms with Crippen LogP contribution in [0.3, 0.4) is 0 Å². The van der Waals surface area contributed by atoms with Crippen LogP contribution in [-0.4, -0.2) is 175 Å². The van der Waals surface area contributed by atoms with Crippen molar-refractivity contribution in [2.75, 3.05) is 20.2 Å². The van der Waals surface area contributed by atoms with Crippen LogP contribution >= 0.6 is 0 Å². The highest BCUT2D eigenvalue weighted by Gasteiger charge is 2.41. The molecule has 1 aliphatic rings. The van der Waals surface area contributed by atoms with E-state index < -0.39 is 168 Å². The average Bonchev–Trinajstić information content (AvgIpc) is 3.76. The lowest BCUT2D eigenvalue weighted by atomic mass is 9.94. The molecule has 87 heavy (non-hydrogen) atoms. The molecule has 0 spiro atoms. The normalized spacial score (nSPS) is 21.1. The van der Waals surface area contributed by atoms with E-state index in [4.69, 9.17) is 21.6 Å². The Balaban J connectivity index is 2.38. The SMILES string of the molecule is CC[C@@H](C)[C@@H](NC(=O)[C@@H](CCC(N)=O)NC(=O)[C@H](C)NC(=O)[C@@H](NC(=O)[C@@H](Cc1ccccc1)NC)[C@@H](C)CC)C(=O)N[C@H](C(=O)N[C@@H](CO)C(=O)N[C@H]1C(=O)N[C@@H](C)C(=O)N[C@@H](CCCNC(=N)N)C(=O)N[C@@H]([C@@H](C)CC)C(=O)O[C@H]1C)[C@@H](C)CC. The van der Waals surface area contributed by atoms with E-state index in [0.717, 1.165) is 5.56 Å². The Morgan fingerprint density at radius 2 is 1.15 bits per heavy atom. The summed E-state index contributed by atoms with van der Waals surface area (Å²) >= 11 is 0. The number of rotatable bonds is 33. The first-order valence-corrected chi connectivity index (χ1v) is 29.9. The smallest absolute Gasteiger partial charge is 0.329 e. The van der Waals surface area contributed by atoms with Crippen molar-refractivity contribution < 1.29 is 67.4 Å². The number of nitrogens with one attached hydrogen (secondary N) is 13. The van der Waals surface area contributed by atoms with Gasteiger partial charge in [0.15, 0.2) is 5.96 Å². The number of hydrogen-bond acceptors (Lipinski definition) is 16. The van der Waals surface area contributed by atoms with E-state index in [0.29, 0.717) is 25.7 Å². The molecular weight excluding hydrogens is 1130 g/mol. The fraction of sp³-hybridized carbons (Fsp3) is 0.672. The molecule has 0 unspecified atom stereocenters. The maximum absolute atomic E-state index is 14.4. The number of aliphatic hydroxyl groups excluding tert-OH is 1. The molecule has 29 heteroatoms. The molecule has 1 fully saturated rings. The molecule has 0 aromatic heterocycles. The van der Waals surface area contributed by atoms with Gasteiger partial charge in [0.2, 0.25) is 65.0 Å². The number of carbonyl (C=O) groups is 12. The summed E-state index contributed by atoms with van der Waals surface area (Å²) in [6.07, 6.45) is -0.177. The lowest BCUT2D eigenvalue weighted by Crippen LogP contribution is -2.63. The van der Waals surface area contributed by atoms with E-state index in [2.05, 4.69) is 63.8 Å². The first kappa shape index (κ1) is 75.1. The Kier molecular flexibility index (Phi) is 32.5. The van der Waals surface area contributed by atoms with Gasteiger partial charge in [-0.05, 0) is 82.7 Å². The monoisotopic (exact) mass is 1230 g/mol. The number of likely N-dealkylation sites (N-methyl/N-ethyl adjacent to an activating group) is 1. The molecule has 1 aromatic rings. The molecule has 2 rings (SSSR count). The molecule has 0 radical (unpaired) electrons. The second-order valence-corrected chi connectivity index (χ2v) is 22.5. The molecule has 1 aliphatic heterocycles. The summed E-state index contributed by atoms with van der Waals surface area (Å²) in [5.74, 6) is -12.8. The Morgan fingerprint density at radius 1 is 0.632 bits per heavy atom. The summed E-state index contributed by atoms with van der Waals surface area (Å²) < 4.78 is 5.71. The Bertz CT molecular complexity index is 2530. The van der Waals surface area contributed by atoms with Gasteiger partial charge in [-0.25, -0.2) is 4.79 Å². The summed E-state index contributed by atoms with van der Waals surface area (Å²) in [4.78, 5) is 165. The second-order valence-electron chi connectivity index (χ2n) is 22.5. The molecule has 0 saturated carbocycles. The van der Waals surface area contributed by atoms with Gasteiger partial charge in [-0.1, -0.05) is 111 Å². The van der Waals surface area contributed by atoms with Gasteiger partial charge in [-0.15, -0.1) is 0 Å². The standard InChI is InChI=1S/C58H97N15O14/c1-13-29(5)42(70-51(80)39(62-12)27-36-21-18-17-19-22-36)53(82)64-33(9)48(77)67-38(24-25-41(59)75)50(79)69-44(31(7)15-3)55(84)71-43(30(6)14-2)54(83)68-40(28-74)52(81)73-46-35(11)87-57(86)45(32(8)16-4)72-49(78)37(23-20-26-63-58(60)61)66-47(76)34(10)65-56(46)85/h17-19,21-22,29-35,37-40,42-46,62,74H,13-16,20,23-28H2,1-12H3,(H2,59,75)(H,64,82)(H,65,85)(H,66,76)(H,67,77)(H,68,83)(H,69,79)(H,70,80)(H,71,84)(H,72,78)(H,73,81)(H4,60,61,63)/t29-,30-,31+,32-,33-,34-,35-,37-,38+,39+,40-,42-,43-,44+,45-,46+/m0/s1. The minimum Gasteiger partial charge on any atom is -0.458 e. The minimum atomic E-state index is -1.81. The Morgan fingerprint density at radius 3 is 1.66 bits per heavy atom. The van der Waals surface area contributed by atoms with E-state index >= 15 is 0 Å². The summed E-state index contributed by atoms with van der Waals surface area (Å²) in [6, 6.07) is -5.50. The summed E-state index contributed by atoms with van der Waals surface area (Å²) in [7, 11) is 1.62. The molecule has 1 saturated heterocycles. The summed E-state index contributed by atoms with van der Waals surface area (Å²) in [5.41, 5.74) is 11.7. The number of hydrogen-bond donors (Lipinski definition) is 16. The van der Waals surface area contributed by atoms with Crippen molar-refractivity contribution in [3.8, 4) is 0 Å². The highest BCUT2D eigenvalue weighted by atomic mass is 16.5. The zero-order chi connectivity index (χ0) is 65.8. The van der Waals surface area contributed by atoms with Gasteiger partial charge < -0.3 is 85.1 Å². The predicted octanol–water partition coefficient (Wildman–Crippen LogP) is -2.64. The number of guanidine groups is 1. The summed E-state index contributed by atoms with van der Waals surface area (Å²) in [6.45, 7) is 16.8. The largest absolute Gasteiger partial charge is 0.458 e. The number of amides is 11. The highest BCUT2D eigenvalue weighted by molar-refractivity contribution is 5.99. The lowest BCUT2D eigenvalue weighted by molar-refractivity contribution is -0.157. The van der Waals surface area contributed by atoms with Crippen molar-refractivity contribution in [3.63, 3.8) is 0 Å². The Hall–Kier alpha value is -7.95. The van der Waals surface area contributed by atoms with Crippen molar-refractivity contribution >= 4 is 76.9 Å². The van der Waals surface area contributed by atoms with E-state index in [1.54, 1.807) is 55.5 Å². The average molecular weight is 1230 g/mol. The van der Waals surface area contributed by atoms with E-state index in [-0.39, 0.29) is 50.5 Å². The second kappa shape index (κ2) is 37.6. The quantitative estimate of drug-likeness (QED) is 0.0148. The van der Waals surface area contributed by atoms with Crippen LogP contribution < -0.4 is 75.3 Å². The molecule has 16 atom stereocenters. The first-order valence-electron chi connectivity index (χ1n) is 29.9. The lowest BCUT2D eigenvalue weighted by Gasteiger charge is -2.31. The highest BCUT2D eigenvalue weighted by Crippen LogP contribution is 2.17. The van der Waals surface area contributed by atoms with Crippen LogP contribution in [0.2, 0.25) is 0 Å². The third-order valence-electron chi connectivity index (χ3n) is 15.7. The number of cyclic esters (lactones) is 1. The zero-order valence-corrected chi connectivity index (χ0v) is 52.3. The maximum Gasteiger partial charge on any atom is 0.329 e. The van der Waals surface area contributed by atoms with Crippen molar-refractivity contribution in [1.29, 1.82) is 5.41 Å². The maximum atomic E-state index is 14.4. The van der Waals surface area contributed by atoms with Crippen molar-refractivity contribution in [1.82, 2.24) is 63.8 Å². The van der Waals surface area contributed by atoms with Gasteiger partial charge in [0.25, 0.3) is 0 Å². The Labute approximate surface area is 509 Å². The van der Waals surface area contributed by atoms with Crippen molar-refractivity contribution in [2.24, 2.45) is 35.1 Å². The van der Waals surface area contributed by atoms with Gasteiger partial charge in [0, 0.05) is 13.0 Å². The first-order chi connectivity index (χ1) is 41.0. The molecular formula is C58H97N15O14. The topological polar surface area (TPSA) is 455 Å². The number of esters is 1. The summed E-state index contributed by atoms with van der Waals surface area (Å²) in [5, 5.41) is 49.3. The van der Waals surface area contributed by atoms with E-state index in [1.165, 1.54) is 20.8 Å². The third-order valence-corrected chi connectivity index (χ3v) is 15.7. The van der Waals surface area contributed by atoms with Crippen LogP contribution in [0.1, 0.15) is 133 Å². The molecule has 1 heterocycles. The van der Waals surface area contributed by atoms with Crippen molar-refractivity contribution in [3.05, 3.63) is 35.9 Å². The molecule has 0 aliphatic carbocycles. The molecule has 1 aromatic carbocycles. The number of primary amides is 1. The zero-order valence-electron chi connectivity index (χ0n) is 52.3. The molecule has 0 bridgehead atoms. The number of aliphatic hydroxyl groups is 1. The molecule has 11 amide bonds. The number of carbonyl (C=O) groups excluding carboxylic acids is 12. The fourth-order valence-corrected chi connectivity index (χ4v) is 9.07. The van der Waals surface area contributed by atoms with Gasteiger partial charge in [0.05, 0.1) is 12.6 Å². The van der Waals surface area contributed by atoms with Gasteiger partial charge in [0.1, 0.15) is 66.5 Å². The molecule has 29 nitrogen and oxygen atoms in total. The van der Waals surface area contributed by atoms with Crippen LogP contribution in [-0.2, 0) is 68.7 Å². The van der Waals surface area contributed by atoms with Crippen molar-refractivity contribution in [2.45, 2.75) is 207 Å². The number of nitrogens with two attached hydrogens (primary N) is 2. The van der Waals surface area contributed by atoms with Gasteiger partial charge in [-0.2, -0.15) is 0 Å². The third kappa shape index (κ3) is 24.4. The number of benzene rings is 1. The van der Waals surface area contributed by atoms with Crippen LogP contribution in [0.5, 0.6) is 0 Å². The van der Waals surface area contributed by atoms with Gasteiger partial charge >= 0.3 is 5.97 Å². The molecule has 18 N–H and O–H groups in total.